The van der Waals surface area contributed by atoms with E-state index >= 15 is 0 Å². The minimum atomic E-state index is -0.750. The first-order chi connectivity index (χ1) is 14.5. The molecule has 0 aliphatic carbocycles. The fraction of sp³-hybridized carbons (Fsp3) is 0.565. The first kappa shape index (κ1) is 23.1. The summed E-state index contributed by atoms with van der Waals surface area (Å²) in [6.07, 6.45) is 3.45. The Morgan fingerprint density at radius 2 is 1.74 bits per heavy atom. The maximum absolute atomic E-state index is 12.3. The van der Waals surface area contributed by atoms with Crippen LogP contribution in [0.5, 0.6) is 0 Å². The molecule has 0 saturated carbocycles. The molecule has 2 heterocycles. The summed E-state index contributed by atoms with van der Waals surface area (Å²) in [7, 11) is 0. The molecule has 8 nitrogen and oxygen atoms in total. The smallest absolute Gasteiger partial charge is 0.349 e. The number of rotatable bonds is 8. The van der Waals surface area contributed by atoms with Crippen molar-refractivity contribution >= 4 is 11.0 Å². The Bertz CT molecular complexity index is 1140. The molecule has 0 aromatic heterocycles. The lowest BCUT2D eigenvalue weighted by atomic mass is 10.1. The Labute approximate surface area is 181 Å². The second kappa shape index (κ2) is 9.28. The highest BCUT2D eigenvalue weighted by Gasteiger charge is 2.19. The first-order valence-corrected chi connectivity index (χ1v) is 10.8. The third kappa shape index (κ3) is 5.77. The van der Waals surface area contributed by atoms with Crippen LogP contribution in [0.3, 0.4) is 0 Å². The van der Waals surface area contributed by atoms with Gasteiger partial charge in [-0.25, -0.2) is 9.78 Å². The molecular formula is C23H32N4O4. The van der Waals surface area contributed by atoms with Crippen molar-refractivity contribution in [2.45, 2.75) is 85.2 Å². The fourth-order valence-electron chi connectivity index (χ4n) is 3.69. The number of nitrogens with one attached hydrogen (secondary N) is 1. The molecule has 0 amide bonds. The highest BCUT2D eigenvalue weighted by molar-refractivity contribution is 5.81. The van der Waals surface area contributed by atoms with Crippen molar-refractivity contribution in [3.05, 3.63) is 44.1 Å². The van der Waals surface area contributed by atoms with Crippen LogP contribution in [0.1, 0.15) is 64.0 Å². The number of fused-ring (bicyclic) bond motifs is 2. The van der Waals surface area contributed by atoms with E-state index in [1.807, 2.05) is 51.3 Å². The van der Waals surface area contributed by atoms with Gasteiger partial charge in [-0.1, -0.05) is 12.8 Å². The van der Waals surface area contributed by atoms with E-state index in [0.29, 0.717) is 24.3 Å². The zero-order valence-corrected chi connectivity index (χ0v) is 19.0. The Hall–Kier alpha value is -2.58. The zero-order chi connectivity index (χ0) is 22.8. The number of hydrogen-bond donors (Lipinski definition) is 2. The van der Waals surface area contributed by atoms with Gasteiger partial charge >= 0.3 is 5.69 Å². The van der Waals surface area contributed by atoms with Crippen LogP contribution < -0.4 is 11.2 Å². The van der Waals surface area contributed by atoms with E-state index in [4.69, 9.17) is 4.74 Å². The van der Waals surface area contributed by atoms with Gasteiger partial charge in [-0.15, -0.1) is 0 Å². The summed E-state index contributed by atoms with van der Waals surface area (Å²) >= 11 is 0. The second-order valence-corrected chi connectivity index (χ2v) is 9.12. The van der Waals surface area contributed by atoms with E-state index < -0.39 is 17.5 Å². The van der Waals surface area contributed by atoms with E-state index in [1.165, 1.54) is 0 Å². The van der Waals surface area contributed by atoms with Gasteiger partial charge in [0.25, 0.3) is 5.56 Å². The van der Waals surface area contributed by atoms with Crippen molar-refractivity contribution in [2.24, 2.45) is 0 Å². The molecule has 168 valence electrons. The zero-order valence-electron chi connectivity index (χ0n) is 19.0. The van der Waals surface area contributed by atoms with Crippen molar-refractivity contribution < 1.29 is 9.84 Å². The van der Waals surface area contributed by atoms with Crippen molar-refractivity contribution in [3.63, 3.8) is 0 Å². The van der Waals surface area contributed by atoms with Crippen molar-refractivity contribution in [1.82, 2.24) is 19.5 Å². The van der Waals surface area contributed by atoms with E-state index in [0.717, 1.165) is 42.3 Å². The number of ether oxygens (including phenoxy) is 1. The molecular weight excluding hydrogens is 396 g/mol. The lowest BCUT2D eigenvalue weighted by Gasteiger charge is -2.23. The van der Waals surface area contributed by atoms with Crippen molar-refractivity contribution in [3.8, 4) is 11.5 Å². The molecule has 2 aliphatic heterocycles. The van der Waals surface area contributed by atoms with Gasteiger partial charge in [0.1, 0.15) is 0 Å². The Kier molecular flexibility index (Phi) is 6.91. The monoisotopic (exact) mass is 428 g/mol. The van der Waals surface area contributed by atoms with Crippen LogP contribution in [0.4, 0.5) is 0 Å². The number of H-pyrrole nitrogens is 1. The van der Waals surface area contributed by atoms with Gasteiger partial charge in [0, 0.05) is 6.54 Å². The molecule has 0 spiro atoms. The molecule has 2 aliphatic rings. The lowest BCUT2D eigenvalue weighted by Crippen LogP contribution is -2.29. The van der Waals surface area contributed by atoms with Gasteiger partial charge in [0.05, 0.1) is 16.6 Å². The molecule has 0 radical (unpaired) electrons. The molecule has 1 aromatic carbocycles. The maximum atomic E-state index is 12.3. The number of aromatic amines is 1. The minimum Gasteiger partial charge on any atom is -0.368 e. The Morgan fingerprint density at radius 3 is 2.45 bits per heavy atom. The highest BCUT2D eigenvalue weighted by atomic mass is 16.6. The number of benzene rings is 1. The average Bonchev–Trinajstić information content (AvgIpc) is 2.64. The van der Waals surface area contributed by atoms with Crippen LogP contribution in [0, 0.1) is 13.8 Å². The molecule has 31 heavy (non-hydrogen) atoms. The number of aliphatic hydroxyl groups is 1. The first-order valence-electron chi connectivity index (χ1n) is 10.8. The van der Waals surface area contributed by atoms with Crippen LogP contribution in [-0.2, 0) is 11.3 Å². The number of aryl methyl sites for hydroxylation is 3. The van der Waals surface area contributed by atoms with E-state index in [-0.39, 0.29) is 11.3 Å². The molecule has 2 N–H and O–H groups in total. The van der Waals surface area contributed by atoms with Gasteiger partial charge in [-0.2, -0.15) is 4.98 Å². The second-order valence-electron chi connectivity index (χ2n) is 9.12. The van der Waals surface area contributed by atoms with Gasteiger partial charge in [0.2, 0.25) is 0 Å². The van der Waals surface area contributed by atoms with Crippen LogP contribution in [0.2, 0.25) is 0 Å². The highest BCUT2D eigenvalue weighted by Crippen LogP contribution is 2.24. The maximum Gasteiger partial charge on any atom is 0.349 e. The Balaban J connectivity index is 1.75. The third-order valence-electron chi connectivity index (χ3n) is 5.30. The van der Waals surface area contributed by atoms with Gasteiger partial charge in [-0.05, 0) is 77.1 Å². The number of aromatic nitrogens is 4. The van der Waals surface area contributed by atoms with Gasteiger partial charge in [-0.3, -0.25) is 9.78 Å². The number of aliphatic hydroxyl groups excluding tert-OH is 1. The molecule has 0 saturated heterocycles. The molecule has 8 heteroatoms. The number of nitrogens with zero attached hydrogens (tertiary/aromatic N) is 3. The fourth-order valence-corrected chi connectivity index (χ4v) is 3.69. The molecule has 0 fully saturated rings. The summed E-state index contributed by atoms with van der Waals surface area (Å²) in [6, 6.07) is 3.99. The Morgan fingerprint density at radius 1 is 1.06 bits per heavy atom. The van der Waals surface area contributed by atoms with Gasteiger partial charge in [0.15, 0.2) is 17.8 Å². The van der Waals surface area contributed by atoms with Crippen LogP contribution in [0.15, 0.2) is 21.7 Å². The minimum absolute atomic E-state index is 0.179. The summed E-state index contributed by atoms with van der Waals surface area (Å²) in [5, 5.41) is 9.95. The van der Waals surface area contributed by atoms with Crippen LogP contribution in [-0.4, -0.2) is 36.5 Å². The topological polar surface area (TPSA) is 110 Å². The summed E-state index contributed by atoms with van der Waals surface area (Å²) in [5.41, 5.74) is 2.42. The predicted molar refractivity (Wildman–Crippen MR) is 120 cm³/mol. The van der Waals surface area contributed by atoms with E-state index in [9.17, 15) is 14.7 Å². The summed E-state index contributed by atoms with van der Waals surface area (Å²) in [5.74, 6) is 0.318. The lowest BCUT2D eigenvalue weighted by molar-refractivity contribution is -0.168. The number of unbranched alkanes of at least 4 members (excludes halogenated alkanes) is 3. The number of hydrogen-bond acceptors (Lipinski definition) is 6. The standard InChI is InChI=1S/C23H32N4O4/c1-14-12-16-17(13-15(14)2)27(20-19(24-16)21(29)26-22(30)25-20)11-9-7-6-8-10-18(28)31-23(3,4)5/h12-13,18,28H,6-11H2,1-5H3,(H,26,29,30). The molecule has 0 bridgehead atoms. The van der Waals surface area contributed by atoms with Crippen molar-refractivity contribution in [1.29, 1.82) is 0 Å². The summed E-state index contributed by atoms with van der Waals surface area (Å²) < 4.78 is 7.46. The molecule has 1 aromatic rings. The summed E-state index contributed by atoms with van der Waals surface area (Å²) in [6.45, 7) is 10.4. The molecule has 1 atom stereocenters. The van der Waals surface area contributed by atoms with Crippen LogP contribution in [0.25, 0.3) is 22.6 Å². The average molecular weight is 429 g/mol. The SMILES string of the molecule is Cc1cc2nc3c(=O)[nH]c(=O)nc-3n(CCCCCCC(O)OC(C)(C)C)c2cc1C. The molecule has 3 rings (SSSR count). The van der Waals surface area contributed by atoms with E-state index in [2.05, 4.69) is 15.0 Å². The largest absolute Gasteiger partial charge is 0.368 e. The third-order valence-corrected chi connectivity index (χ3v) is 5.30. The summed E-state index contributed by atoms with van der Waals surface area (Å²) in [4.78, 5) is 34.9. The van der Waals surface area contributed by atoms with Crippen LogP contribution >= 0.6 is 0 Å². The predicted octanol–water partition coefficient (Wildman–Crippen LogP) is 3.29. The van der Waals surface area contributed by atoms with Crippen molar-refractivity contribution in [2.75, 3.05) is 0 Å². The quantitative estimate of drug-likeness (QED) is 0.324. The van der Waals surface area contributed by atoms with E-state index in [1.54, 1.807) is 0 Å². The molecule has 1 unspecified atom stereocenters. The normalized spacial score (nSPS) is 13.2. The van der Waals surface area contributed by atoms with Gasteiger partial charge < -0.3 is 14.4 Å².